The SMILES string of the molecule is CNCc1ccc(N(C)CC(F)(F)F)cc1Br. The molecule has 0 aliphatic heterocycles. The number of rotatable bonds is 4. The molecule has 0 fully saturated rings. The Morgan fingerprint density at radius 3 is 2.47 bits per heavy atom. The number of nitrogens with zero attached hydrogens (tertiary/aromatic N) is 1. The highest BCUT2D eigenvalue weighted by atomic mass is 79.9. The van der Waals surface area contributed by atoms with Crippen molar-refractivity contribution < 1.29 is 13.2 Å². The summed E-state index contributed by atoms with van der Waals surface area (Å²) in [4.78, 5) is 1.17. The monoisotopic (exact) mass is 310 g/mol. The second-order valence-corrected chi connectivity index (χ2v) is 4.63. The van der Waals surface area contributed by atoms with Gasteiger partial charge in [-0.3, -0.25) is 0 Å². The molecule has 1 N–H and O–H groups in total. The quantitative estimate of drug-likeness (QED) is 0.919. The van der Waals surface area contributed by atoms with Crippen LogP contribution >= 0.6 is 15.9 Å². The number of nitrogens with one attached hydrogen (secondary N) is 1. The highest BCUT2D eigenvalue weighted by molar-refractivity contribution is 9.10. The standard InChI is InChI=1S/C11H14BrF3N2/c1-16-6-8-3-4-9(5-10(8)12)17(2)7-11(13,14)15/h3-5,16H,6-7H2,1-2H3. The third-order valence-electron chi connectivity index (χ3n) is 2.26. The fraction of sp³-hybridized carbons (Fsp3) is 0.455. The predicted octanol–water partition coefficient (Wildman–Crippen LogP) is 3.17. The van der Waals surface area contributed by atoms with E-state index in [-0.39, 0.29) is 0 Å². The molecular formula is C11H14BrF3N2. The van der Waals surface area contributed by atoms with Gasteiger partial charge in [-0.15, -0.1) is 0 Å². The molecule has 1 rings (SSSR count). The Bertz CT molecular complexity index is 379. The first kappa shape index (κ1) is 14.3. The molecule has 2 nitrogen and oxygen atoms in total. The summed E-state index contributed by atoms with van der Waals surface area (Å²) in [5.74, 6) is 0. The zero-order chi connectivity index (χ0) is 13.1. The topological polar surface area (TPSA) is 15.3 Å². The van der Waals surface area contributed by atoms with Crippen LogP contribution in [0.2, 0.25) is 0 Å². The highest BCUT2D eigenvalue weighted by Gasteiger charge is 2.29. The number of halogens is 4. The van der Waals surface area contributed by atoms with E-state index >= 15 is 0 Å². The highest BCUT2D eigenvalue weighted by Crippen LogP contribution is 2.26. The maximum absolute atomic E-state index is 12.2. The minimum atomic E-state index is -4.19. The van der Waals surface area contributed by atoms with Crippen molar-refractivity contribution in [2.45, 2.75) is 12.7 Å². The summed E-state index contributed by atoms with van der Waals surface area (Å²) in [6.07, 6.45) is -4.19. The number of benzene rings is 1. The molecule has 0 aromatic heterocycles. The van der Waals surface area contributed by atoms with Crippen LogP contribution in [0.25, 0.3) is 0 Å². The largest absolute Gasteiger partial charge is 0.405 e. The van der Waals surface area contributed by atoms with Crippen molar-refractivity contribution in [3.8, 4) is 0 Å². The second kappa shape index (κ2) is 5.73. The molecule has 1 aromatic carbocycles. The van der Waals surface area contributed by atoms with E-state index in [0.717, 1.165) is 10.0 Å². The zero-order valence-electron chi connectivity index (χ0n) is 9.61. The fourth-order valence-corrected chi connectivity index (χ4v) is 1.97. The molecule has 0 spiro atoms. The van der Waals surface area contributed by atoms with Crippen LogP contribution in [0.4, 0.5) is 18.9 Å². The zero-order valence-corrected chi connectivity index (χ0v) is 11.2. The Balaban J connectivity index is 2.82. The van der Waals surface area contributed by atoms with Crippen LogP contribution in [0.1, 0.15) is 5.56 Å². The molecule has 96 valence electrons. The average Bonchev–Trinajstić information content (AvgIpc) is 2.18. The smallest absolute Gasteiger partial charge is 0.366 e. The van der Waals surface area contributed by atoms with E-state index in [0.29, 0.717) is 12.2 Å². The summed E-state index contributed by atoms with van der Waals surface area (Å²) in [5, 5.41) is 2.99. The van der Waals surface area contributed by atoms with Crippen molar-refractivity contribution in [2.24, 2.45) is 0 Å². The number of anilines is 1. The molecule has 0 heterocycles. The van der Waals surface area contributed by atoms with Gasteiger partial charge < -0.3 is 10.2 Å². The van der Waals surface area contributed by atoms with E-state index < -0.39 is 12.7 Å². The average molecular weight is 311 g/mol. The van der Waals surface area contributed by atoms with E-state index in [1.54, 1.807) is 12.1 Å². The lowest BCUT2D eigenvalue weighted by Gasteiger charge is -2.21. The fourth-order valence-electron chi connectivity index (χ4n) is 1.47. The first-order chi connectivity index (χ1) is 7.83. The van der Waals surface area contributed by atoms with Crippen LogP contribution in [0.3, 0.4) is 0 Å². The molecule has 1 aromatic rings. The molecular weight excluding hydrogens is 297 g/mol. The molecule has 0 bridgehead atoms. The lowest BCUT2D eigenvalue weighted by atomic mass is 10.2. The molecule has 0 saturated carbocycles. The van der Waals surface area contributed by atoms with E-state index in [2.05, 4.69) is 21.2 Å². The van der Waals surface area contributed by atoms with Crippen LogP contribution in [0.5, 0.6) is 0 Å². The van der Waals surface area contributed by atoms with E-state index in [4.69, 9.17) is 0 Å². The van der Waals surface area contributed by atoms with Crippen LogP contribution in [-0.4, -0.2) is 26.8 Å². The molecule has 0 aliphatic rings. The predicted molar refractivity (Wildman–Crippen MR) is 66.2 cm³/mol. The molecule has 6 heteroatoms. The molecule has 0 saturated heterocycles. The summed E-state index contributed by atoms with van der Waals surface area (Å²) < 4.78 is 37.5. The lowest BCUT2D eigenvalue weighted by molar-refractivity contribution is -0.119. The summed E-state index contributed by atoms with van der Waals surface area (Å²) >= 11 is 3.35. The van der Waals surface area contributed by atoms with Gasteiger partial charge in [0.15, 0.2) is 0 Å². The van der Waals surface area contributed by atoms with Gasteiger partial charge in [0.1, 0.15) is 6.54 Å². The maximum atomic E-state index is 12.2. The molecule has 17 heavy (non-hydrogen) atoms. The molecule has 0 radical (unpaired) electrons. The van der Waals surface area contributed by atoms with E-state index in [1.165, 1.54) is 11.9 Å². The van der Waals surface area contributed by atoms with E-state index in [1.807, 2.05) is 13.1 Å². The van der Waals surface area contributed by atoms with Gasteiger partial charge in [-0.1, -0.05) is 22.0 Å². The van der Waals surface area contributed by atoms with Crippen molar-refractivity contribution in [3.05, 3.63) is 28.2 Å². The van der Waals surface area contributed by atoms with Gasteiger partial charge in [-0.2, -0.15) is 13.2 Å². The Kier molecular flexibility index (Phi) is 4.82. The van der Waals surface area contributed by atoms with Crippen molar-refractivity contribution in [1.29, 1.82) is 0 Å². The summed E-state index contributed by atoms with van der Waals surface area (Å²) in [5.41, 5.74) is 1.55. The van der Waals surface area contributed by atoms with Crippen LogP contribution in [0.15, 0.2) is 22.7 Å². The van der Waals surface area contributed by atoms with Gasteiger partial charge in [0.25, 0.3) is 0 Å². The van der Waals surface area contributed by atoms with Gasteiger partial charge in [-0.25, -0.2) is 0 Å². The van der Waals surface area contributed by atoms with Gasteiger partial charge in [0, 0.05) is 23.8 Å². The van der Waals surface area contributed by atoms with Crippen LogP contribution < -0.4 is 10.2 Å². The number of hydrogen-bond donors (Lipinski definition) is 1. The van der Waals surface area contributed by atoms with E-state index in [9.17, 15) is 13.2 Å². The number of alkyl halides is 3. The first-order valence-corrected chi connectivity index (χ1v) is 5.83. The van der Waals surface area contributed by atoms with Gasteiger partial charge in [-0.05, 0) is 24.7 Å². The summed E-state index contributed by atoms with van der Waals surface area (Å²) in [6, 6.07) is 5.18. The third kappa shape index (κ3) is 4.55. The Hall–Kier alpha value is -0.750. The van der Waals surface area contributed by atoms with Crippen molar-refractivity contribution in [3.63, 3.8) is 0 Å². The minimum absolute atomic E-state index is 0.536. The Morgan fingerprint density at radius 1 is 1.35 bits per heavy atom. The molecule has 0 amide bonds. The third-order valence-corrected chi connectivity index (χ3v) is 3.00. The molecule has 0 aliphatic carbocycles. The second-order valence-electron chi connectivity index (χ2n) is 3.78. The number of hydrogen-bond acceptors (Lipinski definition) is 2. The Labute approximate surface area is 107 Å². The molecule has 0 unspecified atom stereocenters. The minimum Gasteiger partial charge on any atom is -0.366 e. The van der Waals surface area contributed by atoms with Gasteiger partial charge >= 0.3 is 6.18 Å². The normalized spacial score (nSPS) is 11.6. The summed E-state index contributed by atoms with van der Waals surface area (Å²) in [7, 11) is 3.24. The lowest BCUT2D eigenvalue weighted by Crippen LogP contribution is -2.30. The molecule has 0 atom stereocenters. The summed E-state index contributed by atoms with van der Waals surface area (Å²) in [6.45, 7) is -0.283. The van der Waals surface area contributed by atoms with Gasteiger partial charge in [0.05, 0.1) is 0 Å². The first-order valence-electron chi connectivity index (χ1n) is 5.04. The van der Waals surface area contributed by atoms with Crippen molar-refractivity contribution in [2.75, 3.05) is 25.5 Å². The Morgan fingerprint density at radius 2 is 2.00 bits per heavy atom. The van der Waals surface area contributed by atoms with Crippen molar-refractivity contribution >= 4 is 21.6 Å². The van der Waals surface area contributed by atoms with Gasteiger partial charge in [0.2, 0.25) is 0 Å². The van der Waals surface area contributed by atoms with Crippen LogP contribution in [0, 0.1) is 0 Å². The maximum Gasteiger partial charge on any atom is 0.405 e. The van der Waals surface area contributed by atoms with Crippen LogP contribution in [-0.2, 0) is 6.54 Å². The van der Waals surface area contributed by atoms with Crippen molar-refractivity contribution in [1.82, 2.24) is 5.32 Å².